The summed E-state index contributed by atoms with van der Waals surface area (Å²) in [4.78, 5) is 0. The van der Waals surface area contributed by atoms with E-state index < -0.39 is 10.2 Å². The van der Waals surface area contributed by atoms with Crippen LogP contribution in [0, 0.1) is 17.2 Å². The molecular weight excluding hydrogens is 282 g/mol. The Bertz CT molecular complexity index is 618. The van der Waals surface area contributed by atoms with Crippen LogP contribution in [0.5, 0.6) is 5.75 Å². The lowest BCUT2D eigenvalue weighted by molar-refractivity contribution is 0.167. The molecule has 0 bridgehead atoms. The van der Waals surface area contributed by atoms with Crippen LogP contribution in [0.2, 0.25) is 0 Å². The van der Waals surface area contributed by atoms with E-state index in [-0.39, 0.29) is 17.2 Å². The second-order valence-corrected chi connectivity index (χ2v) is 5.77. The van der Waals surface area contributed by atoms with Crippen LogP contribution in [0.4, 0.5) is 5.69 Å². The Hall–Kier alpha value is -1.82. The molecule has 2 rings (SSSR count). The van der Waals surface area contributed by atoms with Crippen LogP contribution in [0.1, 0.15) is 12.0 Å². The second kappa shape index (κ2) is 6.09. The van der Waals surface area contributed by atoms with Gasteiger partial charge >= 0.3 is 0 Å². The summed E-state index contributed by atoms with van der Waals surface area (Å²) in [5, 5.41) is 14.1. The fraction of sp³-hybridized carbons (Fsp3) is 0.417. The van der Waals surface area contributed by atoms with Crippen molar-refractivity contribution in [2.75, 3.05) is 24.5 Å². The number of hydrogen-bond acceptors (Lipinski definition) is 5. The number of nitrogens with one attached hydrogen (secondary N) is 1. The molecule has 0 spiro atoms. The van der Waals surface area contributed by atoms with E-state index >= 15 is 0 Å². The third-order valence-corrected chi connectivity index (χ3v) is 3.39. The first-order chi connectivity index (χ1) is 9.49. The number of nitrogens with zero attached hydrogens (tertiary/aromatic N) is 1. The van der Waals surface area contributed by atoms with Gasteiger partial charge in [-0.3, -0.25) is 4.72 Å². The molecule has 1 aromatic carbocycles. The third-order valence-electron chi connectivity index (χ3n) is 2.89. The molecule has 0 aliphatic carbocycles. The van der Waals surface area contributed by atoms with E-state index in [0.717, 1.165) is 6.42 Å². The van der Waals surface area contributed by atoms with Gasteiger partial charge in [-0.25, -0.2) is 5.14 Å². The highest BCUT2D eigenvalue weighted by Crippen LogP contribution is 2.27. The molecule has 0 radical (unpaired) electrons. The van der Waals surface area contributed by atoms with Crippen molar-refractivity contribution in [2.24, 2.45) is 11.1 Å². The molecule has 1 aliphatic rings. The van der Waals surface area contributed by atoms with Crippen molar-refractivity contribution in [3.63, 3.8) is 0 Å². The minimum Gasteiger partial charge on any atom is -0.492 e. The molecule has 3 N–H and O–H groups in total. The van der Waals surface area contributed by atoms with Crippen LogP contribution in [0.25, 0.3) is 0 Å². The summed E-state index contributed by atoms with van der Waals surface area (Å²) in [5.41, 5.74) is 0.218. The first-order valence-electron chi connectivity index (χ1n) is 6.04. The highest BCUT2D eigenvalue weighted by molar-refractivity contribution is 7.90. The maximum atomic E-state index is 11.0. The SMILES string of the molecule is N#Cc1c(NS(N)(=O)=O)cccc1OCC1CCOC1. The molecule has 20 heavy (non-hydrogen) atoms. The smallest absolute Gasteiger partial charge is 0.296 e. The summed E-state index contributed by atoms with van der Waals surface area (Å²) in [6.45, 7) is 1.77. The Morgan fingerprint density at radius 1 is 1.55 bits per heavy atom. The fourth-order valence-corrected chi connectivity index (χ4v) is 2.40. The molecule has 1 aliphatic heterocycles. The number of hydrogen-bond donors (Lipinski definition) is 2. The van der Waals surface area contributed by atoms with E-state index in [0.29, 0.717) is 25.6 Å². The van der Waals surface area contributed by atoms with Gasteiger partial charge in [0.2, 0.25) is 0 Å². The Morgan fingerprint density at radius 3 is 2.95 bits per heavy atom. The van der Waals surface area contributed by atoms with Gasteiger partial charge in [-0.15, -0.1) is 0 Å². The van der Waals surface area contributed by atoms with Gasteiger partial charge in [0, 0.05) is 12.5 Å². The molecule has 1 unspecified atom stereocenters. The van der Waals surface area contributed by atoms with Crippen molar-refractivity contribution in [3.05, 3.63) is 23.8 Å². The first kappa shape index (κ1) is 14.6. The van der Waals surface area contributed by atoms with Gasteiger partial charge < -0.3 is 9.47 Å². The van der Waals surface area contributed by atoms with E-state index in [2.05, 4.69) is 4.72 Å². The second-order valence-electron chi connectivity index (χ2n) is 4.48. The molecule has 1 fully saturated rings. The predicted octanol–water partition coefficient (Wildman–Crippen LogP) is 0.589. The third kappa shape index (κ3) is 3.84. The standard InChI is InChI=1S/C12H15N3O4S/c13-6-10-11(15-20(14,16)17)2-1-3-12(10)19-8-9-4-5-18-7-9/h1-3,9,15H,4-5,7-8H2,(H2,14,16,17). The lowest BCUT2D eigenvalue weighted by atomic mass is 10.1. The van der Waals surface area contributed by atoms with E-state index in [9.17, 15) is 8.42 Å². The quantitative estimate of drug-likeness (QED) is 0.825. The minimum absolute atomic E-state index is 0.107. The highest BCUT2D eigenvalue weighted by Gasteiger charge is 2.18. The summed E-state index contributed by atoms with van der Waals surface area (Å²) in [6, 6.07) is 6.58. The summed E-state index contributed by atoms with van der Waals surface area (Å²) < 4.78 is 35.0. The predicted molar refractivity (Wildman–Crippen MR) is 72.3 cm³/mol. The molecule has 0 saturated carbocycles. The van der Waals surface area contributed by atoms with Crippen molar-refractivity contribution in [2.45, 2.75) is 6.42 Å². The molecule has 108 valence electrons. The van der Waals surface area contributed by atoms with E-state index in [1.807, 2.05) is 6.07 Å². The zero-order valence-electron chi connectivity index (χ0n) is 10.7. The molecule has 1 aromatic rings. The topological polar surface area (TPSA) is 114 Å². The van der Waals surface area contributed by atoms with Gasteiger partial charge in [-0.2, -0.15) is 13.7 Å². The monoisotopic (exact) mass is 297 g/mol. The summed E-state index contributed by atoms with van der Waals surface area (Å²) >= 11 is 0. The largest absolute Gasteiger partial charge is 0.492 e. The molecule has 1 saturated heterocycles. The van der Waals surface area contributed by atoms with Gasteiger partial charge in [0.15, 0.2) is 0 Å². The average Bonchev–Trinajstić information content (AvgIpc) is 2.87. The Balaban J connectivity index is 2.16. The number of nitrogens with two attached hydrogens (primary N) is 1. The Morgan fingerprint density at radius 2 is 2.35 bits per heavy atom. The highest BCUT2D eigenvalue weighted by atomic mass is 32.2. The molecule has 1 heterocycles. The lowest BCUT2D eigenvalue weighted by Crippen LogP contribution is -2.22. The molecule has 0 amide bonds. The van der Waals surface area contributed by atoms with Crippen LogP contribution in [-0.2, 0) is 14.9 Å². The van der Waals surface area contributed by atoms with Gasteiger partial charge in [0.1, 0.15) is 17.4 Å². The van der Waals surface area contributed by atoms with Gasteiger partial charge in [-0.05, 0) is 18.6 Å². The van der Waals surface area contributed by atoms with Crippen molar-refractivity contribution in [3.8, 4) is 11.8 Å². The van der Waals surface area contributed by atoms with Gasteiger partial charge in [-0.1, -0.05) is 6.07 Å². The van der Waals surface area contributed by atoms with Crippen molar-refractivity contribution in [1.82, 2.24) is 0 Å². The van der Waals surface area contributed by atoms with Crippen LogP contribution < -0.4 is 14.6 Å². The van der Waals surface area contributed by atoms with Crippen molar-refractivity contribution >= 4 is 15.9 Å². The maximum absolute atomic E-state index is 11.0. The zero-order valence-corrected chi connectivity index (χ0v) is 11.5. The number of benzene rings is 1. The minimum atomic E-state index is -3.93. The molecule has 0 aromatic heterocycles. The van der Waals surface area contributed by atoms with Gasteiger partial charge in [0.25, 0.3) is 10.2 Å². The number of rotatable bonds is 5. The van der Waals surface area contributed by atoms with Crippen LogP contribution in [-0.4, -0.2) is 28.2 Å². The zero-order chi connectivity index (χ0) is 14.6. The van der Waals surface area contributed by atoms with E-state index in [1.165, 1.54) is 6.07 Å². The molecular formula is C12H15N3O4S. The van der Waals surface area contributed by atoms with Crippen LogP contribution in [0.15, 0.2) is 18.2 Å². The van der Waals surface area contributed by atoms with E-state index in [1.54, 1.807) is 12.1 Å². The first-order valence-corrected chi connectivity index (χ1v) is 7.58. The van der Waals surface area contributed by atoms with Crippen LogP contribution >= 0.6 is 0 Å². The maximum Gasteiger partial charge on any atom is 0.296 e. The number of anilines is 1. The van der Waals surface area contributed by atoms with Crippen LogP contribution in [0.3, 0.4) is 0 Å². The summed E-state index contributed by atoms with van der Waals surface area (Å²) in [5.74, 6) is 0.615. The fourth-order valence-electron chi connectivity index (χ4n) is 1.93. The van der Waals surface area contributed by atoms with Crippen molar-refractivity contribution < 1.29 is 17.9 Å². The normalized spacial score (nSPS) is 18.5. The van der Waals surface area contributed by atoms with Crippen molar-refractivity contribution in [1.29, 1.82) is 5.26 Å². The number of ether oxygens (including phenoxy) is 2. The Kier molecular flexibility index (Phi) is 4.44. The lowest BCUT2D eigenvalue weighted by Gasteiger charge is -2.13. The van der Waals surface area contributed by atoms with Gasteiger partial charge in [0.05, 0.1) is 18.9 Å². The number of nitriles is 1. The van der Waals surface area contributed by atoms with E-state index in [4.69, 9.17) is 19.9 Å². The molecule has 8 heteroatoms. The summed E-state index contributed by atoms with van der Waals surface area (Å²) in [6.07, 6.45) is 0.914. The Labute approximate surface area is 117 Å². The molecule has 7 nitrogen and oxygen atoms in total. The molecule has 1 atom stereocenters. The summed E-state index contributed by atoms with van der Waals surface area (Å²) in [7, 11) is -3.93. The average molecular weight is 297 g/mol.